The fourth-order valence-corrected chi connectivity index (χ4v) is 1.59. The van der Waals surface area contributed by atoms with Crippen molar-refractivity contribution in [2.45, 2.75) is 6.54 Å². The van der Waals surface area contributed by atoms with Crippen LogP contribution in [0.15, 0.2) is 29.1 Å². The normalized spacial score (nSPS) is 10.6. The summed E-state index contributed by atoms with van der Waals surface area (Å²) < 4.78 is 1.51. The minimum atomic E-state index is -0.257. The molecule has 1 heterocycles. The van der Waals surface area contributed by atoms with Gasteiger partial charge in [-0.3, -0.25) is 0 Å². The van der Waals surface area contributed by atoms with E-state index >= 15 is 0 Å². The van der Waals surface area contributed by atoms with Crippen LogP contribution in [0.2, 0.25) is 5.02 Å². The summed E-state index contributed by atoms with van der Waals surface area (Å²) in [6, 6.07) is 7.02. The van der Waals surface area contributed by atoms with Crippen molar-refractivity contribution >= 4 is 11.6 Å². The summed E-state index contributed by atoms with van der Waals surface area (Å²) in [5, 5.41) is 9.94. The van der Waals surface area contributed by atoms with E-state index in [1.807, 2.05) is 0 Å². The lowest BCUT2D eigenvalue weighted by molar-refractivity contribution is 0.734. The molecule has 0 amide bonds. The zero-order valence-corrected chi connectivity index (χ0v) is 9.45. The fraction of sp³-hybridized carbons (Fsp3) is 0.200. The third-order valence-corrected chi connectivity index (χ3v) is 2.41. The summed E-state index contributed by atoms with van der Waals surface area (Å²) in [5.74, 6) is 0.634. The second-order valence-electron chi connectivity index (χ2n) is 3.29. The van der Waals surface area contributed by atoms with Gasteiger partial charge in [-0.05, 0) is 31.3 Å². The van der Waals surface area contributed by atoms with Crippen LogP contribution >= 0.6 is 11.6 Å². The Labute approximate surface area is 97.1 Å². The van der Waals surface area contributed by atoms with E-state index in [1.54, 1.807) is 31.3 Å². The highest BCUT2D eigenvalue weighted by atomic mass is 35.5. The molecule has 5 nitrogen and oxygen atoms in total. The Kier molecular flexibility index (Phi) is 3.07. The van der Waals surface area contributed by atoms with Gasteiger partial charge in [0.2, 0.25) is 0 Å². The smallest absolute Gasteiger partial charge is 0.313 e. The molecule has 16 heavy (non-hydrogen) atoms. The quantitative estimate of drug-likeness (QED) is 0.836. The highest BCUT2D eigenvalue weighted by Gasteiger charge is 2.08. The average Bonchev–Trinajstić information content (AvgIpc) is 2.62. The Balaban J connectivity index is 2.50. The predicted octanol–water partition coefficient (Wildman–Crippen LogP) is 0.933. The first-order chi connectivity index (χ1) is 7.72. The maximum atomic E-state index is 11.6. The molecule has 1 aromatic heterocycles. The molecule has 84 valence electrons. The predicted molar refractivity (Wildman–Crippen MR) is 62.0 cm³/mol. The molecule has 0 atom stereocenters. The highest BCUT2D eigenvalue weighted by Crippen LogP contribution is 2.12. The number of hydrogen-bond acceptors (Lipinski definition) is 3. The second kappa shape index (κ2) is 4.51. The van der Waals surface area contributed by atoms with Crippen molar-refractivity contribution in [3.8, 4) is 5.69 Å². The summed E-state index contributed by atoms with van der Waals surface area (Å²) in [6.45, 7) is 0.515. The summed E-state index contributed by atoms with van der Waals surface area (Å²) in [6.07, 6.45) is 0. The first-order valence-electron chi connectivity index (χ1n) is 4.79. The SMILES string of the molecule is CNCc1n[nH]c(=O)n1-c1ccc(Cl)cc1. The average molecular weight is 239 g/mol. The molecule has 0 bridgehead atoms. The summed E-state index contributed by atoms with van der Waals surface area (Å²) in [4.78, 5) is 11.6. The number of nitrogens with zero attached hydrogens (tertiary/aromatic N) is 2. The zero-order valence-electron chi connectivity index (χ0n) is 8.70. The van der Waals surface area contributed by atoms with Crippen LogP contribution in [-0.2, 0) is 6.54 Å². The molecule has 2 N–H and O–H groups in total. The number of halogens is 1. The maximum Gasteiger partial charge on any atom is 0.347 e. The second-order valence-corrected chi connectivity index (χ2v) is 3.72. The first kappa shape index (κ1) is 10.9. The van der Waals surface area contributed by atoms with Crippen molar-refractivity contribution in [2.24, 2.45) is 0 Å². The van der Waals surface area contributed by atoms with E-state index < -0.39 is 0 Å². The van der Waals surface area contributed by atoms with E-state index in [0.29, 0.717) is 17.4 Å². The van der Waals surface area contributed by atoms with Crippen molar-refractivity contribution in [3.63, 3.8) is 0 Å². The molecule has 0 aliphatic carbocycles. The molecule has 6 heteroatoms. The molecule has 0 fully saturated rings. The Morgan fingerprint density at radius 2 is 2.12 bits per heavy atom. The molecule has 2 aromatic rings. The van der Waals surface area contributed by atoms with Crippen molar-refractivity contribution in [1.82, 2.24) is 20.1 Å². The standard InChI is InChI=1S/C10H11ClN4O/c1-12-6-9-13-14-10(16)15(9)8-4-2-7(11)3-5-8/h2-5,12H,6H2,1H3,(H,14,16). The van der Waals surface area contributed by atoms with Crippen molar-refractivity contribution < 1.29 is 0 Å². The van der Waals surface area contributed by atoms with Crippen LogP contribution in [0, 0.1) is 0 Å². The molecule has 0 unspecified atom stereocenters. The van der Waals surface area contributed by atoms with Crippen LogP contribution in [0.25, 0.3) is 5.69 Å². The monoisotopic (exact) mass is 238 g/mol. The summed E-state index contributed by atoms with van der Waals surface area (Å²) >= 11 is 5.79. The maximum absolute atomic E-state index is 11.6. The minimum absolute atomic E-state index is 0.257. The molecule has 0 aliphatic rings. The van der Waals surface area contributed by atoms with E-state index in [4.69, 9.17) is 11.6 Å². The van der Waals surface area contributed by atoms with Gasteiger partial charge < -0.3 is 5.32 Å². The molecule has 1 aromatic carbocycles. The van der Waals surface area contributed by atoms with E-state index in [0.717, 1.165) is 5.69 Å². The Bertz CT molecular complexity index is 528. The van der Waals surface area contributed by atoms with Crippen LogP contribution < -0.4 is 11.0 Å². The van der Waals surface area contributed by atoms with Gasteiger partial charge in [0, 0.05) is 5.02 Å². The van der Waals surface area contributed by atoms with Gasteiger partial charge in [0.15, 0.2) is 5.82 Å². The van der Waals surface area contributed by atoms with Crippen LogP contribution in [-0.4, -0.2) is 21.8 Å². The van der Waals surface area contributed by atoms with Crippen LogP contribution in [0.3, 0.4) is 0 Å². The Morgan fingerprint density at radius 3 is 2.75 bits per heavy atom. The van der Waals surface area contributed by atoms with E-state index in [1.165, 1.54) is 4.57 Å². The number of aromatic amines is 1. The third-order valence-electron chi connectivity index (χ3n) is 2.16. The van der Waals surface area contributed by atoms with Gasteiger partial charge in [-0.2, -0.15) is 5.10 Å². The molecule has 0 spiro atoms. The summed E-state index contributed by atoms with van der Waals surface area (Å²) in [7, 11) is 1.80. The van der Waals surface area contributed by atoms with Gasteiger partial charge in [0.25, 0.3) is 0 Å². The zero-order chi connectivity index (χ0) is 11.5. The molecule has 0 aliphatic heterocycles. The van der Waals surface area contributed by atoms with Gasteiger partial charge in [0.05, 0.1) is 12.2 Å². The van der Waals surface area contributed by atoms with E-state index in [-0.39, 0.29) is 5.69 Å². The number of hydrogen-bond donors (Lipinski definition) is 2. The van der Waals surface area contributed by atoms with Gasteiger partial charge in [-0.15, -0.1) is 0 Å². The lowest BCUT2D eigenvalue weighted by Gasteiger charge is -2.04. The van der Waals surface area contributed by atoms with Gasteiger partial charge in [-0.1, -0.05) is 11.6 Å². The summed E-state index contributed by atoms with van der Waals surface area (Å²) in [5.41, 5.74) is 0.487. The highest BCUT2D eigenvalue weighted by molar-refractivity contribution is 6.30. The number of H-pyrrole nitrogens is 1. The molecule has 0 saturated carbocycles. The van der Waals surface area contributed by atoms with Gasteiger partial charge >= 0.3 is 5.69 Å². The Hall–Kier alpha value is -1.59. The molecular weight excluding hydrogens is 228 g/mol. The lowest BCUT2D eigenvalue weighted by atomic mass is 10.3. The van der Waals surface area contributed by atoms with Crippen molar-refractivity contribution in [2.75, 3.05) is 7.05 Å². The molecule has 0 saturated heterocycles. The number of rotatable bonds is 3. The number of nitrogens with one attached hydrogen (secondary N) is 2. The molecular formula is C10H11ClN4O. The van der Waals surface area contributed by atoms with Crippen molar-refractivity contribution in [1.29, 1.82) is 0 Å². The first-order valence-corrected chi connectivity index (χ1v) is 5.17. The van der Waals surface area contributed by atoms with Crippen molar-refractivity contribution in [3.05, 3.63) is 45.6 Å². The van der Waals surface area contributed by atoms with Gasteiger partial charge in [-0.25, -0.2) is 14.5 Å². The number of aromatic nitrogens is 3. The number of benzene rings is 1. The van der Waals surface area contributed by atoms with Gasteiger partial charge in [0.1, 0.15) is 0 Å². The van der Waals surface area contributed by atoms with E-state index in [2.05, 4.69) is 15.5 Å². The minimum Gasteiger partial charge on any atom is -0.313 e. The largest absolute Gasteiger partial charge is 0.347 e. The lowest BCUT2D eigenvalue weighted by Crippen LogP contribution is -2.19. The fourth-order valence-electron chi connectivity index (χ4n) is 1.46. The topological polar surface area (TPSA) is 62.7 Å². The van der Waals surface area contributed by atoms with E-state index in [9.17, 15) is 4.79 Å². The molecule has 0 radical (unpaired) electrons. The van der Waals surface area contributed by atoms with Crippen LogP contribution in [0.1, 0.15) is 5.82 Å². The van der Waals surface area contributed by atoms with Crippen LogP contribution in [0.5, 0.6) is 0 Å². The third kappa shape index (κ3) is 2.00. The van der Waals surface area contributed by atoms with Crippen LogP contribution in [0.4, 0.5) is 0 Å². The molecule has 2 rings (SSSR count). The Morgan fingerprint density at radius 1 is 1.44 bits per heavy atom.